The Morgan fingerprint density at radius 2 is 1.88 bits per heavy atom. The summed E-state index contributed by atoms with van der Waals surface area (Å²) in [6.45, 7) is 1.31. The van der Waals surface area contributed by atoms with E-state index in [1.807, 2.05) is 43.3 Å². The first-order chi connectivity index (χ1) is 11.5. The van der Waals surface area contributed by atoms with Crippen molar-refractivity contribution in [2.75, 3.05) is 32.9 Å². The van der Waals surface area contributed by atoms with Gasteiger partial charge in [-0.1, -0.05) is 29.8 Å². The van der Waals surface area contributed by atoms with Crippen LogP contribution in [0.5, 0.6) is 0 Å². The van der Waals surface area contributed by atoms with Crippen molar-refractivity contribution in [3.05, 3.63) is 47.0 Å². The van der Waals surface area contributed by atoms with E-state index in [1.165, 1.54) is 0 Å². The number of likely N-dealkylation sites (N-methyl/N-ethyl adjacent to an activating group) is 1. The molecule has 0 radical (unpaired) electrons. The molecular weight excluding hydrogens is 395 g/mol. The number of pyridine rings is 1. The third kappa shape index (κ3) is 4.30. The number of anilines is 1. The zero-order valence-corrected chi connectivity index (χ0v) is 16.8. The maximum Gasteiger partial charge on any atom is 0.253 e. The van der Waals surface area contributed by atoms with Crippen molar-refractivity contribution in [1.29, 1.82) is 0 Å². The Hall–Kier alpha value is -1.79. The molecule has 5 nitrogen and oxygen atoms in total. The number of fused-ring (bicyclic) bond motifs is 2. The number of carbonyl (C=O) groups excluding carboxylic acids is 1. The van der Waals surface area contributed by atoms with Gasteiger partial charge in [0.05, 0.1) is 27.3 Å². The summed E-state index contributed by atoms with van der Waals surface area (Å²) < 4.78 is 0. The third-order valence-electron chi connectivity index (χ3n) is 3.91. The van der Waals surface area contributed by atoms with Crippen LogP contribution in [0.15, 0.2) is 36.4 Å². The van der Waals surface area contributed by atoms with E-state index in [0.29, 0.717) is 33.7 Å². The van der Waals surface area contributed by atoms with Crippen LogP contribution in [0.1, 0.15) is 10.4 Å². The molecule has 1 heterocycles. The number of nitrogens with zero attached hydrogens (tertiary/aromatic N) is 2. The third-order valence-corrected chi connectivity index (χ3v) is 4.23. The molecule has 1 aromatic heterocycles. The summed E-state index contributed by atoms with van der Waals surface area (Å²) in [6, 6.07) is 10.9. The molecule has 1 amide bonds. The summed E-state index contributed by atoms with van der Waals surface area (Å²) in [4.78, 5) is 19.2. The van der Waals surface area contributed by atoms with Crippen LogP contribution in [-0.4, -0.2) is 43.0 Å². The lowest BCUT2D eigenvalue weighted by atomic mass is 10.0. The minimum atomic E-state index is -0.180. The highest BCUT2D eigenvalue weighted by atomic mass is 35.5. The van der Waals surface area contributed by atoms with Crippen molar-refractivity contribution in [3.63, 3.8) is 0 Å². The van der Waals surface area contributed by atoms with E-state index >= 15 is 0 Å². The number of hydrogen-bond donors (Lipinski definition) is 2. The van der Waals surface area contributed by atoms with Gasteiger partial charge in [0, 0.05) is 23.9 Å². The highest BCUT2D eigenvalue weighted by Gasteiger charge is 2.17. The fourth-order valence-corrected chi connectivity index (χ4v) is 2.92. The second-order valence-electron chi connectivity index (χ2n) is 5.92. The minimum Gasteiger partial charge on any atom is -0.398 e. The van der Waals surface area contributed by atoms with E-state index < -0.39 is 0 Å². The van der Waals surface area contributed by atoms with Crippen LogP contribution < -0.4 is 11.1 Å². The molecular formula is C18H21Cl3N4O. The number of para-hydroxylation sites is 1. The van der Waals surface area contributed by atoms with Gasteiger partial charge < -0.3 is 16.0 Å². The molecule has 0 aliphatic heterocycles. The summed E-state index contributed by atoms with van der Waals surface area (Å²) >= 11 is 6.33. The van der Waals surface area contributed by atoms with Crippen LogP contribution >= 0.6 is 36.4 Å². The molecule has 8 heteroatoms. The lowest BCUT2D eigenvalue weighted by Crippen LogP contribution is -2.31. The highest BCUT2D eigenvalue weighted by Crippen LogP contribution is 2.34. The standard InChI is InChI=1S/C18H19ClN4O.2ClH/c1-23(2)10-9-21-18(24)12-7-8-13(19)15-16(20)11-5-3-4-6-14(11)22-17(12)15;;/h3-8H,9-10H2,1-2H3,(H2,20,22)(H,21,24);2*1H. The topological polar surface area (TPSA) is 71.2 Å². The Kier molecular flexibility index (Phi) is 7.90. The SMILES string of the molecule is CN(C)CCNC(=O)c1ccc(Cl)c2c(N)c3ccccc3nc12.Cl.Cl. The van der Waals surface area contributed by atoms with Crippen molar-refractivity contribution >= 4 is 69.8 Å². The number of halogens is 3. The number of nitrogens with two attached hydrogens (primary N) is 1. The maximum atomic E-state index is 12.5. The highest BCUT2D eigenvalue weighted by molar-refractivity contribution is 6.38. The van der Waals surface area contributed by atoms with Gasteiger partial charge in [-0.25, -0.2) is 4.98 Å². The molecule has 3 aromatic rings. The van der Waals surface area contributed by atoms with Crippen molar-refractivity contribution in [1.82, 2.24) is 15.2 Å². The van der Waals surface area contributed by atoms with Crippen LogP contribution in [0, 0.1) is 0 Å². The molecule has 0 aliphatic carbocycles. The minimum absolute atomic E-state index is 0. The Morgan fingerprint density at radius 1 is 1.19 bits per heavy atom. The van der Waals surface area contributed by atoms with Crippen molar-refractivity contribution in [2.45, 2.75) is 0 Å². The summed E-state index contributed by atoms with van der Waals surface area (Å²) in [7, 11) is 3.91. The summed E-state index contributed by atoms with van der Waals surface area (Å²) in [5, 5.41) is 4.85. The molecule has 26 heavy (non-hydrogen) atoms. The first-order valence-corrected chi connectivity index (χ1v) is 8.06. The van der Waals surface area contributed by atoms with Gasteiger partial charge in [0.2, 0.25) is 0 Å². The van der Waals surface area contributed by atoms with Crippen LogP contribution in [0.3, 0.4) is 0 Å². The molecule has 0 atom stereocenters. The van der Waals surface area contributed by atoms with Gasteiger partial charge in [0.25, 0.3) is 5.91 Å². The molecule has 0 unspecified atom stereocenters. The Bertz CT molecular complexity index is 931. The average molecular weight is 416 g/mol. The maximum absolute atomic E-state index is 12.5. The fourth-order valence-electron chi connectivity index (χ4n) is 2.66. The normalized spacial score (nSPS) is 10.5. The number of rotatable bonds is 4. The lowest BCUT2D eigenvalue weighted by Gasteiger charge is -2.13. The predicted octanol–water partition coefficient (Wildman–Crippen LogP) is 3.76. The zero-order chi connectivity index (χ0) is 17.3. The zero-order valence-electron chi connectivity index (χ0n) is 14.5. The number of carbonyl (C=O) groups is 1. The molecule has 0 spiro atoms. The summed E-state index contributed by atoms with van der Waals surface area (Å²) in [5.74, 6) is -0.180. The Balaban J connectivity index is 0.00000169. The molecule has 3 rings (SSSR count). The molecule has 0 saturated heterocycles. The average Bonchev–Trinajstić information content (AvgIpc) is 2.54. The van der Waals surface area contributed by atoms with Crippen LogP contribution in [0.4, 0.5) is 5.69 Å². The predicted molar refractivity (Wildman–Crippen MR) is 114 cm³/mol. The molecule has 0 fully saturated rings. The first kappa shape index (κ1) is 22.3. The number of hydrogen-bond acceptors (Lipinski definition) is 4. The van der Waals surface area contributed by atoms with Crippen LogP contribution in [-0.2, 0) is 0 Å². The molecule has 3 N–H and O–H groups in total. The number of benzene rings is 2. The van der Waals surface area contributed by atoms with E-state index in [4.69, 9.17) is 17.3 Å². The first-order valence-electron chi connectivity index (χ1n) is 7.68. The summed E-state index contributed by atoms with van der Waals surface area (Å²) in [5.41, 5.74) is 8.60. The molecule has 140 valence electrons. The number of nitrogen functional groups attached to an aromatic ring is 1. The molecule has 0 aliphatic rings. The fraction of sp³-hybridized carbons (Fsp3) is 0.222. The second kappa shape index (κ2) is 9.24. The molecule has 0 bridgehead atoms. The second-order valence-corrected chi connectivity index (χ2v) is 6.33. The monoisotopic (exact) mass is 414 g/mol. The van der Waals surface area contributed by atoms with E-state index in [0.717, 1.165) is 17.4 Å². The lowest BCUT2D eigenvalue weighted by molar-refractivity contribution is 0.0952. The Morgan fingerprint density at radius 3 is 2.58 bits per heavy atom. The van der Waals surface area contributed by atoms with E-state index in [9.17, 15) is 4.79 Å². The van der Waals surface area contributed by atoms with Gasteiger partial charge in [0.1, 0.15) is 0 Å². The smallest absolute Gasteiger partial charge is 0.253 e. The van der Waals surface area contributed by atoms with Gasteiger partial charge in [-0.05, 0) is 32.3 Å². The van der Waals surface area contributed by atoms with Crippen molar-refractivity contribution in [3.8, 4) is 0 Å². The summed E-state index contributed by atoms with van der Waals surface area (Å²) in [6.07, 6.45) is 0. The van der Waals surface area contributed by atoms with E-state index in [2.05, 4.69) is 10.3 Å². The van der Waals surface area contributed by atoms with Gasteiger partial charge in [-0.15, -0.1) is 24.8 Å². The largest absolute Gasteiger partial charge is 0.398 e. The van der Waals surface area contributed by atoms with Crippen molar-refractivity contribution < 1.29 is 4.79 Å². The molecule has 0 saturated carbocycles. The number of aromatic nitrogens is 1. The number of amides is 1. The van der Waals surface area contributed by atoms with Gasteiger partial charge >= 0.3 is 0 Å². The van der Waals surface area contributed by atoms with Crippen LogP contribution in [0.25, 0.3) is 21.8 Å². The van der Waals surface area contributed by atoms with Crippen molar-refractivity contribution in [2.24, 2.45) is 0 Å². The van der Waals surface area contributed by atoms with Crippen LogP contribution in [0.2, 0.25) is 5.02 Å². The van der Waals surface area contributed by atoms with Gasteiger partial charge in [-0.2, -0.15) is 0 Å². The Labute approximate surface area is 169 Å². The van der Waals surface area contributed by atoms with E-state index in [-0.39, 0.29) is 30.7 Å². The quantitative estimate of drug-likeness (QED) is 0.637. The van der Waals surface area contributed by atoms with Gasteiger partial charge in [0.15, 0.2) is 0 Å². The van der Waals surface area contributed by atoms with E-state index in [1.54, 1.807) is 12.1 Å². The molecule has 2 aromatic carbocycles. The number of nitrogens with one attached hydrogen (secondary N) is 1. The van der Waals surface area contributed by atoms with Gasteiger partial charge in [-0.3, -0.25) is 4.79 Å².